The molecule has 0 unspecified atom stereocenters. The van der Waals surface area contributed by atoms with E-state index in [-0.39, 0.29) is 0 Å². The first kappa shape index (κ1) is 17.1. The van der Waals surface area contributed by atoms with Crippen LogP contribution in [0.25, 0.3) is 10.8 Å². The van der Waals surface area contributed by atoms with Gasteiger partial charge in [-0.1, -0.05) is 54.2 Å². The number of fused-ring (bicyclic) bond motifs is 2. The SMILES string of the molecule is COc1ccc(N2CCn3c(SCc4cccc5ccccc45)nnc32)cc1. The number of methoxy groups -OCH3 is 1. The van der Waals surface area contributed by atoms with Crippen LogP contribution < -0.4 is 9.64 Å². The normalized spacial score (nSPS) is 13.1. The summed E-state index contributed by atoms with van der Waals surface area (Å²) in [7, 11) is 1.68. The van der Waals surface area contributed by atoms with Crippen molar-refractivity contribution >= 4 is 34.2 Å². The smallest absolute Gasteiger partial charge is 0.232 e. The number of hydrogen-bond acceptors (Lipinski definition) is 5. The number of thioether (sulfide) groups is 1. The minimum Gasteiger partial charge on any atom is -0.497 e. The van der Waals surface area contributed by atoms with Crippen LogP contribution in [0.3, 0.4) is 0 Å². The monoisotopic (exact) mass is 388 g/mol. The summed E-state index contributed by atoms with van der Waals surface area (Å²) in [5, 5.41) is 12.5. The van der Waals surface area contributed by atoms with E-state index < -0.39 is 0 Å². The molecule has 0 N–H and O–H groups in total. The molecule has 0 bridgehead atoms. The lowest BCUT2D eigenvalue weighted by molar-refractivity contribution is 0.415. The van der Waals surface area contributed by atoms with E-state index in [9.17, 15) is 0 Å². The van der Waals surface area contributed by atoms with Crippen LogP contribution in [0.4, 0.5) is 11.6 Å². The van der Waals surface area contributed by atoms with Crippen LogP contribution in [0.15, 0.2) is 71.9 Å². The molecule has 140 valence electrons. The Balaban J connectivity index is 1.37. The predicted molar refractivity (Wildman–Crippen MR) is 114 cm³/mol. The Kier molecular flexibility index (Phi) is 4.41. The molecule has 0 aliphatic carbocycles. The second-order valence-electron chi connectivity index (χ2n) is 6.71. The molecule has 5 rings (SSSR count). The van der Waals surface area contributed by atoms with Crippen molar-refractivity contribution in [3.8, 4) is 5.75 Å². The highest BCUT2D eigenvalue weighted by atomic mass is 32.2. The van der Waals surface area contributed by atoms with E-state index in [4.69, 9.17) is 4.74 Å². The first-order valence-electron chi connectivity index (χ1n) is 9.28. The predicted octanol–water partition coefficient (Wildman–Crippen LogP) is 4.88. The number of hydrogen-bond donors (Lipinski definition) is 0. The third kappa shape index (κ3) is 2.99. The fourth-order valence-electron chi connectivity index (χ4n) is 3.65. The summed E-state index contributed by atoms with van der Waals surface area (Å²) in [6, 6.07) is 23.1. The van der Waals surface area contributed by atoms with E-state index in [1.165, 1.54) is 16.3 Å². The molecule has 0 fully saturated rings. The van der Waals surface area contributed by atoms with Gasteiger partial charge in [0.2, 0.25) is 5.95 Å². The largest absolute Gasteiger partial charge is 0.497 e. The molecule has 0 saturated carbocycles. The van der Waals surface area contributed by atoms with Crippen LogP contribution in [-0.2, 0) is 12.3 Å². The van der Waals surface area contributed by atoms with Crippen LogP contribution in [0.1, 0.15) is 5.56 Å². The highest BCUT2D eigenvalue weighted by Gasteiger charge is 2.26. The second-order valence-corrected chi connectivity index (χ2v) is 7.65. The van der Waals surface area contributed by atoms with Gasteiger partial charge in [-0.15, -0.1) is 10.2 Å². The highest BCUT2D eigenvalue weighted by Crippen LogP contribution is 2.34. The van der Waals surface area contributed by atoms with Crippen molar-refractivity contribution in [1.29, 1.82) is 0 Å². The zero-order chi connectivity index (χ0) is 18.9. The number of rotatable bonds is 5. The minimum atomic E-state index is 0.857. The standard InChI is InChI=1S/C22H20N4OS/c1-27-19-11-9-18(10-12-19)25-13-14-26-21(25)23-24-22(26)28-15-17-7-4-6-16-5-2-3-8-20(16)17/h2-12H,13-15H2,1H3. The van der Waals surface area contributed by atoms with Gasteiger partial charge in [0.05, 0.1) is 7.11 Å². The highest BCUT2D eigenvalue weighted by molar-refractivity contribution is 7.98. The van der Waals surface area contributed by atoms with Gasteiger partial charge in [0, 0.05) is 24.5 Å². The molecular weight excluding hydrogens is 368 g/mol. The van der Waals surface area contributed by atoms with Gasteiger partial charge < -0.3 is 9.64 Å². The number of ether oxygens (including phenoxy) is 1. The lowest BCUT2D eigenvalue weighted by atomic mass is 10.1. The summed E-state index contributed by atoms with van der Waals surface area (Å²) < 4.78 is 7.46. The lowest BCUT2D eigenvalue weighted by Crippen LogP contribution is -2.14. The summed E-state index contributed by atoms with van der Waals surface area (Å²) in [5.41, 5.74) is 2.43. The van der Waals surface area contributed by atoms with E-state index in [1.54, 1.807) is 18.9 Å². The van der Waals surface area contributed by atoms with Gasteiger partial charge in [-0.25, -0.2) is 0 Å². The van der Waals surface area contributed by atoms with Crippen molar-refractivity contribution < 1.29 is 4.74 Å². The summed E-state index contributed by atoms with van der Waals surface area (Å²) in [4.78, 5) is 2.20. The average Bonchev–Trinajstić information content (AvgIpc) is 3.35. The zero-order valence-electron chi connectivity index (χ0n) is 15.6. The Bertz CT molecular complexity index is 1120. The maximum Gasteiger partial charge on any atom is 0.232 e. The third-order valence-electron chi connectivity index (χ3n) is 5.11. The Morgan fingerprint density at radius 3 is 2.61 bits per heavy atom. The van der Waals surface area contributed by atoms with Gasteiger partial charge in [-0.2, -0.15) is 0 Å². The summed E-state index contributed by atoms with van der Waals surface area (Å²) in [6.07, 6.45) is 0. The Morgan fingerprint density at radius 2 is 1.75 bits per heavy atom. The van der Waals surface area contributed by atoms with Crippen molar-refractivity contribution in [3.05, 3.63) is 72.3 Å². The van der Waals surface area contributed by atoms with Crippen LogP contribution in [-0.4, -0.2) is 28.4 Å². The molecule has 6 heteroatoms. The fraction of sp³-hybridized carbons (Fsp3) is 0.182. The Morgan fingerprint density at radius 1 is 0.929 bits per heavy atom. The molecule has 0 amide bonds. The number of anilines is 2. The maximum atomic E-state index is 5.25. The molecular formula is C22H20N4OS. The topological polar surface area (TPSA) is 43.2 Å². The molecule has 1 aliphatic rings. The van der Waals surface area contributed by atoms with Crippen molar-refractivity contribution in [3.63, 3.8) is 0 Å². The first-order chi connectivity index (χ1) is 13.8. The van der Waals surface area contributed by atoms with Crippen LogP contribution in [0, 0.1) is 0 Å². The molecule has 1 aliphatic heterocycles. The van der Waals surface area contributed by atoms with Crippen LogP contribution in [0.5, 0.6) is 5.75 Å². The molecule has 2 heterocycles. The van der Waals surface area contributed by atoms with Crippen molar-refractivity contribution in [1.82, 2.24) is 14.8 Å². The molecule has 0 atom stereocenters. The van der Waals surface area contributed by atoms with E-state index in [0.29, 0.717) is 0 Å². The molecule has 28 heavy (non-hydrogen) atoms. The van der Waals surface area contributed by atoms with Gasteiger partial charge >= 0.3 is 0 Å². The zero-order valence-corrected chi connectivity index (χ0v) is 16.4. The van der Waals surface area contributed by atoms with Crippen LogP contribution >= 0.6 is 11.8 Å². The van der Waals surface area contributed by atoms with Gasteiger partial charge in [0.15, 0.2) is 5.16 Å². The maximum absolute atomic E-state index is 5.25. The Labute approximate surface area is 168 Å². The molecule has 4 aromatic rings. The van der Waals surface area contributed by atoms with Gasteiger partial charge in [-0.05, 0) is 40.6 Å². The lowest BCUT2D eigenvalue weighted by Gasteiger charge is -2.15. The van der Waals surface area contributed by atoms with E-state index >= 15 is 0 Å². The third-order valence-corrected chi connectivity index (χ3v) is 6.12. The average molecular weight is 388 g/mol. The molecule has 1 aromatic heterocycles. The Hall–Kier alpha value is -2.99. The molecule has 0 spiro atoms. The number of benzene rings is 3. The molecule has 5 nitrogen and oxygen atoms in total. The second kappa shape index (κ2) is 7.20. The van der Waals surface area contributed by atoms with Crippen molar-refractivity contribution in [2.75, 3.05) is 18.6 Å². The molecule has 0 saturated heterocycles. The molecule has 0 radical (unpaired) electrons. The summed E-state index contributed by atoms with van der Waals surface area (Å²) >= 11 is 1.75. The van der Waals surface area contributed by atoms with E-state index in [0.717, 1.165) is 41.4 Å². The van der Waals surface area contributed by atoms with E-state index in [2.05, 4.69) is 74.3 Å². The quantitative estimate of drug-likeness (QED) is 0.456. The van der Waals surface area contributed by atoms with Crippen LogP contribution in [0.2, 0.25) is 0 Å². The number of nitrogens with zero attached hydrogens (tertiary/aromatic N) is 4. The van der Waals surface area contributed by atoms with Gasteiger partial charge in [0.25, 0.3) is 0 Å². The molecule has 3 aromatic carbocycles. The van der Waals surface area contributed by atoms with Crippen molar-refractivity contribution in [2.24, 2.45) is 0 Å². The minimum absolute atomic E-state index is 0.857. The van der Waals surface area contributed by atoms with Gasteiger partial charge in [0.1, 0.15) is 5.75 Å². The summed E-state index contributed by atoms with van der Waals surface area (Å²) in [5.74, 6) is 2.64. The summed E-state index contributed by atoms with van der Waals surface area (Å²) in [6.45, 7) is 1.80. The van der Waals surface area contributed by atoms with Crippen molar-refractivity contribution in [2.45, 2.75) is 17.5 Å². The fourth-order valence-corrected chi connectivity index (χ4v) is 4.61. The van der Waals surface area contributed by atoms with Gasteiger partial charge in [-0.3, -0.25) is 4.57 Å². The first-order valence-corrected chi connectivity index (χ1v) is 10.3. The van der Waals surface area contributed by atoms with E-state index in [1.807, 2.05) is 12.1 Å². The number of aromatic nitrogens is 3.